The Labute approximate surface area is 275 Å². The molecule has 0 saturated carbocycles. The fraction of sp³-hybridized carbons (Fsp3) is 0.611. The van der Waals surface area contributed by atoms with Gasteiger partial charge < -0.3 is 10.0 Å². The molecule has 1 aliphatic heterocycles. The van der Waals surface area contributed by atoms with Gasteiger partial charge in [-0.2, -0.15) is 13.2 Å². The zero-order chi connectivity index (χ0) is 34.2. The van der Waals surface area contributed by atoms with Gasteiger partial charge >= 0.3 is 6.18 Å². The Balaban J connectivity index is 1.24. The van der Waals surface area contributed by atoms with Crippen LogP contribution < -0.4 is 0 Å². The van der Waals surface area contributed by atoms with Crippen molar-refractivity contribution in [2.24, 2.45) is 0 Å². The third kappa shape index (κ3) is 10.5. The molecule has 11 heteroatoms. The van der Waals surface area contributed by atoms with Gasteiger partial charge in [-0.05, 0) is 144 Å². The third-order valence-corrected chi connectivity index (χ3v) is 11.5. The molecule has 1 saturated heterocycles. The summed E-state index contributed by atoms with van der Waals surface area (Å²) >= 11 is 0. The first-order chi connectivity index (χ1) is 22.2. The Morgan fingerprint density at radius 3 is 2.34 bits per heavy atom. The molecule has 0 radical (unpaired) electrons. The molecular weight excluding hydrogens is 640 g/mol. The number of benzene rings is 2. The van der Waals surface area contributed by atoms with Crippen molar-refractivity contribution in [3.63, 3.8) is 0 Å². The molecule has 1 aliphatic carbocycles. The number of alkyl halides is 4. The Bertz CT molecular complexity index is 1490. The second kappa shape index (κ2) is 16.2. The maximum absolute atomic E-state index is 14.9. The summed E-state index contributed by atoms with van der Waals surface area (Å²) in [7, 11) is -3.55. The van der Waals surface area contributed by atoms with Crippen LogP contribution in [0.5, 0.6) is 5.75 Å². The van der Waals surface area contributed by atoms with Crippen molar-refractivity contribution in [1.29, 1.82) is 0 Å². The highest BCUT2D eigenvalue weighted by molar-refractivity contribution is 7.91. The predicted molar refractivity (Wildman–Crippen MR) is 175 cm³/mol. The molecule has 4 nitrogen and oxygen atoms in total. The minimum Gasteiger partial charge on any atom is -0.508 e. The van der Waals surface area contributed by atoms with E-state index in [2.05, 4.69) is 4.90 Å². The molecule has 2 aromatic rings. The summed E-state index contributed by atoms with van der Waals surface area (Å²) in [6.07, 6.45) is 3.75. The molecule has 0 spiro atoms. The van der Waals surface area contributed by atoms with Gasteiger partial charge in [-0.25, -0.2) is 21.6 Å². The van der Waals surface area contributed by atoms with Crippen LogP contribution in [0.1, 0.15) is 107 Å². The molecule has 2 aromatic carbocycles. The summed E-state index contributed by atoms with van der Waals surface area (Å²) in [5.74, 6) is -1.52. The lowest BCUT2D eigenvalue weighted by atomic mass is 9.88. The number of likely N-dealkylation sites (tertiary alicyclic amines) is 1. The van der Waals surface area contributed by atoms with Crippen LogP contribution in [0.25, 0.3) is 11.1 Å². The number of phenols is 1. The lowest BCUT2D eigenvalue weighted by Gasteiger charge is -2.24. The summed E-state index contributed by atoms with van der Waals surface area (Å²) < 4.78 is 105. The average Bonchev–Trinajstić information content (AvgIpc) is 3.34. The fourth-order valence-electron chi connectivity index (χ4n) is 7.06. The van der Waals surface area contributed by atoms with E-state index in [1.165, 1.54) is 12.1 Å². The first-order valence-electron chi connectivity index (χ1n) is 16.9. The topological polar surface area (TPSA) is 57.6 Å². The minimum absolute atomic E-state index is 0.102. The summed E-state index contributed by atoms with van der Waals surface area (Å²) in [6, 6.07) is 9.36. The first kappa shape index (κ1) is 37.3. The Hall–Kier alpha value is -2.53. The zero-order valence-corrected chi connectivity index (χ0v) is 28.0. The van der Waals surface area contributed by atoms with Crippen molar-refractivity contribution in [3.05, 3.63) is 64.7 Å². The molecule has 2 atom stereocenters. The Morgan fingerprint density at radius 1 is 0.872 bits per heavy atom. The summed E-state index contributed by atoms with van der Waals surface area (Å²) in [6.45, 7) is 2.30. The van der Waals surface area contributed by atoms with Gasteiger partial charge in [0.1, 0.15) is 27.2 Å². The molecule has 1 N–H and O–H groups in total. The summed E-state index contributed by atoms with van der Waals surface area (Å²) in [4.78, 5) is 2.40. The molecule has 0 bridgehead atoms. The van der Waals surface area contributed by atoms with Crippen molar-refractivity contribution >= 4 is 21.0 Å². The molecule has 2 aliphatic rings. The summed E-state index contributed by atoms with van der Waals surface area (Å²) in [5, 5.41) is 10.1. The standard InChI is InChI=1S/C36H47F6NO3S/c1-35(39,36(40,41)42)19-9-23-47(45,46)22-8-12-28-11-7-21-43(28)20-5-3-2-4-13-31-30-18-16-29(44)24-26(30)10-6-14-32(31)33-17-15-27(37)25-34(33)38/h15-18,24-25,28,44H,2-14,19-23H2,1H3/t28-,35?/m1/s1. The van der Waals surface area contributed by atoms with E-state index >= 15 is 0 Å². The van der Waals surface area contributed by atoms with Crippen LogP contribution in [-0.2, 0) is 16.3 Å². The highest BCUT2D eigenvalue weighted by Gasteiger charge is 2.51. The lowest BCUT2D eigenvalue weighted by molar-refractivity contribution is -0.225. The molecule has 4 rings (SSSR count). The fourth-order valence-corrected chi connectivity index (χ4v) is 8.46. The van der Waals surface area contributed by atoms with Crippen LogP contribution in [0, 0.1) is 11.6 Å². The van der Waals surface area contributed by atoms with Crippen molar-refractivity contribution < 1.29 is 39.9 Å². The maximum atomic E-state index is 14.9. The summed E-state index contributed by atoms with van der Waals surface area (Å²) in [5.41, 5.74) is 1.05. The number of halogens is 6. The number of sulfone groups is 1. The third-order valence-electron chi connectivity index (χ3n) is 9.71. The minimum atomic E-state index is -5.01. The Morgan fingerprint density at radius 2 is 1.60 bits per heavy atom. The molecule has 0 aromatic heterocycles. The predicted octanol–water partition coefficient (Wildman–Crippen LogP) is 9.60. The largest absolute Gasteiger partial charge is 0.508 e. The zero-order valence-electron chi connectivity index (χ0n) is 27.2. The van der Waals surface area contributed by atoms with Gasteiger partial charge in [0.05, 0.1) is 11.5 Å². The molecule has 1 fully saturated rings. The van der Waals surface area contributed by atoms with E-state index in [1.54, 1.807) is 12.1 Å². The van der Waals surface area contributed by atoms with Gasteiger partial charge in [0.15, 0.2) is 0 Å². The highest BCUT2D eigenvalue weighted by atomic mass is 32.2. The van der Waals surface area contributed by atoms with Crippen molar-refractivity contribution in [3.8, 4) is 5.75 Å². The van der Waals surface area contributed by atoms with Crippen molar-refractivity contribution in [2.75, 3.05) is 24.6 Å². The number of fused-ring (bicyclic) bond motifs is 1. The highest BCUT2D eigenvalue weighted by Crippen LogP contribution is 2.41. The van der Waals surface area contributed by atoms with Crippen LogP contribution in [0.3, 0.4) is 0 Å². The number of nitrogens with zero attached hydrogens (tertiary/aromatic N) is 1. The van der Waals surface area contributed by atoms with Crippen molar-refractivity contribution in [1.82, 2.24) is 4.90 Å². The van der Waals surface area contributed by atoms with E-state index in [-0.39, 0.29) is 24.0 Å². The van der Waals surface area contributed by atoms with Crippen molar-refractivity contribution in [2.45, 2.75) is 115 Å². The van der Waals surface area contributed by atoms with Gasteiger partial charge in [-0.3, -0.25) is 0 Å². The number of allylic oxidation sites excluding steroid dienone is 2. The SMILES string of the molecule is CC(F)(CCCS(=O)(=O)CCC[C@H]1CCCN1CCCCCCC1=C(c2ccc(F)cc2F)CCCc2cc(O)ccc21)C(F)(F)F. The number of aromatic hydroxyl groups is 1. The maximum Gasteiger partial charge on any atom is 0.422 e. The number of rotatable bonds is 16. The van der Waals surface area contributed by atoms with Gasteiger partial charge in [-0.15, -0.1) is 0 Å². The van der Waals surface area contributed by atoms with Crippen LogP contribution in [0.15, 0.2) is 36.4 Å². The second-order valence-corrected chi connectivity index (χ2v) is 15.7. The molecule has 0 amide bonds. The molecule has 1 heterocycles. The smallest absolute Gasteiger partial charge is 0.422 e. The number of hydrogen-bond acceptors (Lipinski definition) is 4. The monoisotopic (exact) mass is 687 g/mol. The number of unbranched alkanes of at least 4 members (excludes halogenated alkanes) is 3. The Kier molecular flexibility index (Phi) is 12.9. The van der Waals surface area contributed by atoms with Gasteiger partial charge in [-0.1, -0.05) is 18.9 Å². The van der Waals surface area contributed by atoms with Crippen LogP contribution in [-0.4, -0.2) is 60.9 Å². The number of phenolic OH excluding ortho intramolecular Hbond substituents is 1. The van der Waals surface area contributed by atoms with E-state index in [0.717, 1.165) is 99.2 Å². The van der Waals surface area contributed by atoms with Gasteiger partial charge in [0.25, 0.3) is 0 Å². The second-order valence-electron chi connectivity index (χ2n) is 13.4. The van der Waals surface area contributed by atoms with E-state index in [1.807, 2.05) is 6.07 Å². The lowest BCUT2D eigenvalue weighted by Crippen LogP contribution is -2.38. The molecule has 1 unspecified atom stereocenters. The number of hydrogen-bond donors (Lipinski definition) is 1. The van der Waals surface area contributed by atoms with Crippen LogP contribution in [0.2, 0.25) is 0 Å². The van der Waals surface area contributed by atoms with E-state index in [9.17, 15) is 39.9 Å². The normalized spacial score (nSPS) is 19.1. The van der Waals surface area contributed by atoms with Gasteiger partial charge in [0.2, 0.25) is 5.67 Å². The average molecular weight is 688 g/mol. The van der Waals surface area contributed by atoms with E-state index in [0.29, 0.717) is 31.7 Å². The van der Waals surface area contributed by atoms with Crippen LogP contribution in [0.4, 0.5) is 26.3 Å². The van der Waals surface area contributed by atoms with E-state index in [4.69, 9.17) is 0 Å². The first-order valence-corrected chi connectivity index (χ1v) is 18.7. The molecule has 262 valence electrons. The molecule has 47 heavy (non-hydrogen) atoms. The van der Waals surface area contributed by atoms with Gasteiger partial charge in [0, 0.05) is 17.7 Å². The molecular formula is C36H47F6NO3S. The van der Waals surface area contributed by atoms with E-state index < -0.39 is 45.5 Å². The number of aryl methyl sites for hydroxylation is 1. The van der Waals surface area contributed by atoms with Crippen LogP contribution >= 0.6 is 0 Å². The quantitative estimate of drug-likeness (QED) is 0.141.